The van der Waals surface area contributed by atoms with Gasteiger partial charge in [-0.3, -0.25) is 0 Å². The molecule has 0 bridgehead atoms. The largest absolute Gasteiger partial charge is 0.388 e. The van der Waals surface area contributed by atoms with Gasteiger partial charge in [-0.05, 0) is 18.1 Å². The second-order valence-electron chi connectivity index (χ2n) is 3.11. The first-order valence-corrected chi connectivity index (χ1v) is 6.16. The normalized spacial score (nSPS) is 7.81. The van der Waals surface area contributed by atoms with E-state index in [2.05, 4.69) is 37.9 Å². The van der Waals surface area contributed by atoms with Crippen LogP contribution in [0.15, 0.2) is 36.9 Å². The van der Waals surface area contributed by atoms with E-state index in [0.29, 0.717) is 0 Å². The highest BCUT2D eigenvalue weighted by Crippen LogP contribution is 2.14. The molecule has 0 aliphatic rings. The first kappa shape index (κ1) is 17.2. The van der Waals surface area contributed by atoms with Gasteiger partial charge < -0.3 is 5.32 Å². The second-order valence-corrected chi connectivity index (χ2v) is 3.11. The summed E-state index contributed by atoms with van der Waals surface area (Å²) in [6, 6.07) is 8.24. The summed E-state index contributed by atoms with van der Waals surface area (Å²) >= 11 is 0. The van der Waals surface area contributed by atoms with Crippen molar-refractivity contribution >= 4 is 5.69 Å². The van der Waals surface area contributed by atoms with Gasteiger partial charge >= 0.3 is 0 Å². The van der Waals surface area contributed by atoms with E-state index in [0.717, 1.165) is 6.42 Å². The highest BCUT2D eigenvalue weighted by molar-refractivity contribution is 5.51. The molecule has 92 valence electrons. The Hall–Kier alpha value is -1.24. The quantitative estimate of drug-likeness (QED) is 0.716. The van der Waals surface area contributed by atoms with Gasteiger partial charge in [0.15, 0.2) is 0 Å². The maximum absolute atomic E-state index is 3.70. The Kier molecular flexibility index (Phi) is 14.8. The van der Waals surface area contributed by atoms with Crippen molar-refractivity contribution in [3.8, 4) is 0 Å². The van der Waals surface area contributed by atoms with Gasteiger partial charge in [0.1, 0.15) is 0 Å². The summed E-state index contributed by atoms with van der Waals surface area (Å²) < 4.78 is 0. The van der Waals surface area contributed by atoms with E-state index in [1.165, 1.54) is 17.7 Å². The van der Waals surface area contributed by atoms with E-state index in [1.54, 1.807) is 0 Å². The maximum atomic E-state index is 3.70. The number of para-hydroxylation sites is 1. The number of rotatable bonds is 3. The van der Waals surface area contributed by atoms with E-state index in [1.807, 2.05) is 39.1 Å². The van der Waals surface area contributed by atoms with E-state index >= 15 is 0 Å². The number of nitrogens with one attached hydrogen (secondary N) is 1. The second kappa shape index (κ2) is 13.8. The lowest BCUT2D eigenvalue weighted by molar-refractivity contribution is 1.09. The van der Waals surface area contributed by atoms with Crippen molar-refractivity contribution in [2.45, 2.75) is 40.5 Å². The van der Waals surface area contributed by atoms with Crippen LogP contribution in [0.4, 0.5) is 5.69 Å². The standard InChI is InChI=1S/C10H13N.C3H8.C2H6/c1-3-6-9-7-4-5-8-10(9)11-2;1-3-2;1-2/h3-5,7-8,11H,1,6H2,2H3;3H2,1-2H3;1-2H3. The van der Waals surface area contributed by atoms with E-state index in [9.17, 15) is 0 Å². The van der Waals surface area contributed by atoms with Crippen LogP contribution in [0, 0.1) is 0 Å². The molecule has 1 aromatic rings. The summed E-state index contributed by atoms with van der Waals surface area (Å²) in [6.45, 7) is 12.0. The van der Waals surface area contributed by atoms with Crippen LogP contribution in [0.1, 0.15) is 39.7 Å². The molecule has 0 fully saturated rings. The Labute approximate surface area is 102 Å². The molecule has 1 rings (SSSR count). The van der Waals surface area contributed by atoms with Crippen molar-refractivity contribution in [1.82, 2.24) is 0 Å². The lowest BCUT2D eigenvalue weighted by Crippen LogP contribution is -1.93. The first-order valence-electron chi connectivity index (χ1n) is 6.16. The van der Waals surface area contributed by atoms with E-state index in [4.69, 9.17) is 0 Å². The Balaban J connectivity index is 0. The van der Waals surface area contributed by atoms with Gasteiger partial charge in [-0.2, -0.15) is 0 Å². The van der Waals surface area contributed by atoms with E-state index in [-0.39, 0.29) is 0 Å². The minimum Gasteiger partial charge on any atom is -0.388 e. The Bertz CT molecular complexity index is 253. The van der Waals surface area contributed by atoms with Crippen molar-refractivity contribution < 1.29 is 0 Å². The first-order chi connectivity index (χ1) is 7.79. The molecular weight excluding hydrogens is 194 g/mol. The molecule has 0 saturated heterocycles. The molecule has 1 N–H and O–H groups in total. The summed E-state index contributed by atoms with van der Waals surface area (Å²) in [5, 5.41) is 3.13. The molecule has 1 nitrogen and oxygen atoms in total. The number of hydrogen-bond donors (Lipinski definition) is 1. The molecule has 0 saturated carbocycles. The fourth-order valence-electron chi connectivity index (χ4n) is 1.10. The SMILES string of the molecule is C=CCc1ccccc1NC.CC.CCC. The molecule has 0 heterocycles. The van der Waals surface area contributed by atoms with Gasteiger partial charge in [-0.15, -0.1) is 6.58 Å². The number of allylic oxidation sites excluding steroid dienone is 1. The average Bonchev–Trinajstić information content (AvgIpc) is 2.34. The zero-order valence-electron chi connectivity index (χ0n) is 11.5. The smallest absolute Gasteiger partial charge is 0.0373 e. The third-order valence-corrected chi connectivity index (χ3v) is 1.65. The molecule has 0 aliphatic carbocycles. The fraction of sp³-hybridized carbons (Fsp3) is 0.467. The third-order valence-electron chi connectivity index (χ3n) is 1.65. The molecule has 0 aromatic heterocycles. The van der Waals surface area contributed by atoms with Crippen molar-refractivity contribution in [3.05, 3.63) is 42.5 Å². The van der Waals surface area contributed by atoms with Crippen LogP contribution in [-0.4, -0.2) is 7.05 Å². The van der Waals surface area contributed by atoms with Crippen LogP contribution >= 0.6 is 0 Å². The van der Waals surface area contributed by atoms with Gasteiger partial charge in [-0.25, -0.2) is 0 Å². The van der Waals surface area contributed by atoms with Crippen molar-refractivity contribution in [2.24, 2.45) is 0 Å². The lowest BCUT2D eigenvalue weighted by atomic mass is 10.1. The fourth-order valence-corrected chi connectivity index (χ4v) is 1.10. The van der Waals surface area contributed by atoms with Crippen LogP contribution in [0.2, 0.25) is 0 Å². The van der Waals surface area contributed by atoms with Gasteiger partial charge in [0.25, 0.3) is 0 Å². The molecular formula is C15H27N. The molecule has 1 aromatic carbocycles. The van der Waals surface area contributed by atoms with Gasteiger partial charge in [0, 0.05) is 12.7 Å². The van der Waals surface area contributed by atoms with Crippen molar-refractivity contribution in [3.63, 3.8) is 0 Å². The summed E-state index contributed by atoms with van der Waals surface area (Å²) in [6.07, 6.45) is 4.09. The molecule has 0 atom stereocenters. The monoisotopic (exact) mass is 221 g/mol. The summed E-state index contributed by atoms with van der Waals surface area (Å²) in [5.74, 6) is 0. The third kappa shape index (κ3) is 8.10. The van der Waals surface area contributed by atoms with Crippen LogP contribution < -0.4 is 5.32 Å². The Morgan fingerprint density at radius 3 is 2.12 bits per heavy atom. The van der Waals surface area contributed by atoms with Crippen molar-refractivity contribution in [2.75, 3.05) is 12.4 Å². The van der Waals surface area contributed by atoms with Crippen LogP contribution in [0.3, 0.4) is 0 Å². The molecule has 0 amide bonds. The predicted octanol–water partition coefficient (Wildman–Crippen LogP) is 4.90. The molecule has 16 heavy (non-hydrogen) atoms. The lowest BCUT2D eigenvalue weighted by Gasteiger charge is -2.05. The minimum absolute atomic E-state index is 0.928. The van der Waals surface area contributed by atoms with Gasteiger partial charge in [0.05, 0.1) is 0 Å². The van der Waals surface area contributed by atoms with Gasteiger partial charge in [-0.1, -0.05) is 58.4 Å². The molecule has 0 radical (unpaired) electrons. The van der Waals surface area contributed by atoms with Crippen molar-refractivity contribution in [1.29, 1.82) is 0 Å². The minimum atomic E-state index is 0.928. The van der Waals surface area contributed by atoms with Gasteiger partial charge in [0.2, 0.25) is 0 Å². The van der Waals surface area contributed by atoms with Crippen LogP contribution in [0.25, 0.3) is 0 Å². The number of anilines is 1. The Morgan fingerprint density at radius 2 is 1.69 bits per heavy atom. The summed E-state index contributed by atoms with van der Waals surface area (Å²) in [7, 11) is 1.93. The molecule has 0 spiro atoms. The zero-order chi connectivity index (χ0) is 12.8. The molecule has 0 unspecified atom stereocenters. The number of hydrogen-bond acceptors (Lipinski definition) is 1. The van der Waals surface area contributed by atoms with Crippen LogP contribution in [0.5, 0.6) is 0 Å². The highest BCUT2D eigenvalue weighted by atomic mass is 14.8. The molecule has 0 aliphatic heterocycles. The predicted molar refractivity (Wildman–Crippen MR) is 77.2 cm³/mol. The maximum Gasteiger partial charge on any atom is 0.0373 e. The average molecular weight is 221 g/mol. The summed E-state index contributed by atoms with van der Waals surface area (Å²) in [4.78, 5) is 0. The summed E-state index contributed by atoms with van der Waals surface area (Å²) in [5.41, 5.74) is 2.48. The molecule has 1 heteroatoms. The van der Waals surface area contributed by atoms with Crippen LogP contribution in [-0.2, 0) is 6.42 Å². The van der Waals surface area contributed by atoms with E-state index < -0.39 is 0 Å². The zero-order valence-corrected chi connectivity index (χ0v) is 11.5. The topological polar surface area (TPSA) is 12.0 Å². The number of benzene rings is 1. The highest BCUT2D eigenvalue weighted by Gasteiger charge is 1.94. The Morgan fingerprint density at radius 1 is 1.19 bits per heavy atom.